The Morgan fingerprint density at radius 2 is 2.08 bits per heavy atom. The van der Waals surface area contributed by atoms with Crippen molar-refractivity contribution in [2.75, 3.05) is 26.8 Å². The van der Waals surface area contributed by atoms with Crippen LogP contribution in [-0.2, 0) is 0 Å². The van der Waals surface area contributed by atoms with Crippen molar-refractivity contribution < 1.29 is 14.3 Å². The molecule has 0 spiro atoms. The van der Waals surface area contributed by atoms with Crippen molar-refractivity contribution in [2.45, 2.75) is 18.9 Å². The smallest absolute Gasteiger partial charge is 0.258 e. The number of hydrogen-bond acceptors (Lipinski definition) is 5. The average Bonchev–Trinajstić information content (AvgIpc) is 3.24. The second kappa shape index (κ2) is 7.68. The number of carbonyl (C=O) groups excluding carboxylic acids is 1. The fraction of sp³-hybridized carbons (Fsp3) is 0.389. The van der Waals surface area contributed by atoms with Gasteiger partial charge in [0.05, 0.1) is 12.0 Å². The number of methoxy groups -OCH3 is 1. The molecular weight excluding hydrogens is 324 g/mol. The van der Waals surface area contributed by atoms with Crippen molar-refractivity contribution in [3.63, 3.8) is 0 Å². The second-order valence-corrected chi connectivity index (χ2v) is 6.87. The van der Waals surface area contributed by atoms with Gasteiger partial charge >= 0.3 is 0 Å². The van der Waals surface area contributed by atoms with Crippen LogP contribution in [0.1, 0.15) is 33.4 Å². The first kappa shape index (κ1) is 16.8. The van der Waals surface area contributed by atoms with E-state index in [1.54, 1.807) is 7.11 Å². The molecule has 0 saturated carbocycles. The summed E-state index contributed by atoms with van der Waals surface area (Å²) in [5.41, 5.74) is 5.36. The minimum Gasteiger partial charge on any atom is -0.493 e. The number of amides is 1. The number of ether oxygens (including phenoxy) is 2. The van der Waals surface area contributed by atoms with Crippen LogP contribution >= 0.6 is 11.3 Å². The van der Waals surface area contributed by atoms with Crippen molar-refractivity contribution in [2.24, 2.45) is 5.73 Å². The molecule has 6 heteroatoms. The molecule has 24 heavy (non-hydrogen) atoms. The summed E-state index contributed by atoms with van der Waals surface area (Å²) in [4.78, 5) is 15.5. The zero-order valence-electron chi connectivity index (χ0n) is 13.7. The zero-order valence-corrected chi connectivity index (χ0v) is 14.6. The Hall–Kier alpha value is -2.05. The summed E-state index contributed by atoms with van der Waals surface area (Å²) < 4.78 is 11.2. The molecule has 1 amide bonds. The Bertz CT molecular complexity index is 701. The Kier molecular flexibility index (Phi) is 5.37. The molecule has 0 bridgehead atoms. The molecule has 1 atom stereocenters. The summed E-state index contributed by atoms with van der Waals surface area (Å²) in [7, 11) is 1.64. The lowest BCUT2D eigenvalue weighted by Crippen LogP contribution is -2.27. The van der Waals surface area contributed by atoms with Crippen LogP contribution in [0, 0.1) is 0 Å². The molecule has 1 unspecified atom stereocenters. The third-order valence-corrected chi connectivity index (χ3v) is 5.47. The number of carbonyl (C=O) groups is 1. The molecule has 2 N–H and O–H groups in total. The molecule has 0 aliphatic carbocycles. The maximum absolute atomic E-state index is 11.3. The van der Waals surface area contributed by atoms with E-state index >= 15 is 0 Å². The number of primary amides is 1. The van der Waals surface area contributed by atoms with Crippen LogP contribution in [-0.4, -0.2) is 37.6 Å². The van der Waals surface area contributed by atoms with Gasteiger partial charge in [0, 0.05) is 17.5 Å². The van der Waals surface area contributed by atoms with Crippen LogP contribution in [0.5, 0.6) is 11.5 Å². The van der Waals surface area contributed by atoms with Crippen molar-refractivity contribution in [1.82, 2.24) is 4.90 Å². The highest BCUT2D eigenvalue weighted by molar-refractivity contribution is 7.14. The van der Waals surface area contributed by atoms with E-state index in [0.717, 1.165) is 37.4 Å². The number of thiophene rings is 1. The number of rotatable bonds is 7. The number of benzene rings is 1. The van der Waals surface area contributed by atoms with E-state index < -0.39 is 0 Å². The van der Waals surface area contributed by atoms with Crippen LogP contribution in [0.25, 0.3) is 0 Å². The molecule has 5 nitrogen and oxygen atoms in total. The van der Waals surface area contributed by atoms with Gasteiger partial charge in [0.15, 0.2) is 11.5 Å². The van der Waals surface area contributed by atoms with E-state index in [2.05, 4.69) is 4.90 Å². The molecule has 1 aliphatic heterocycles. The Balaban J connectivity index is 1.59. The molecule has 3 rings (SSSR count). The number of nitrogens with zero attached hydrogens (tertiary/aromatic N) is 1. The van der Waals surface area contributed by atoms with Gasteiger partial charge in [0.1, 0.15) is 6.61 Å². The van der Waals surface area contributed by atoms with Crippen molar-refractivity contribution >= 4 is 17.2 Å². The Morgan fingerprint density at radius 3 is 2.79 bits per heavy atom. The van der Waals surface area contributed by atoms with Gasteiger partial charge in [-0.05, 0) is 43.7 Å². The van der Waals surface area contributed by atoms with E-state index in [4.69, 9.17) is 15.2 Å². The SMILES string of the molecule is COc1ccccc1OCCN1CCCC1c1ccc(C(N)=O)s1. The molecule has 1 saturated heterocycles. The summed E-state index contributed by atoms with van der Waals surface area (Å²) in [6.45, 7) is 2.49. The molecule has 2 aromatic rings. The number of para-hydroxylation sites is 2. The van der Waals surface area contributed by atoms with Gasteiger partial charge in [0.2, 0.25) is 0 Å². The predicted molar refractivity (Wildman–Crippen MR) is 94.9 cm³/mol. The third kappa shape index (κ3) is 3.71. The Morgan fingerprint density at radius 1 is 1.29 bits per heavy atom. The average molecular weight is 346 g/mol. The van der Waals surface area contributed by atoms with Gasteiger partial charge in [-0.1, -0.05) is 12.1 Å². The van der Waals surface area contributed by atoms with Crippen LogP contribution in [0.15, 0.2) is 36.4 Å². The largest absolute Gasteiger partial charge is 0.493 e. The lowest BCUT2D eigenvalue weighted by Gasteiger charge is -2.23. The summed E-state index contributed by atoms with van der Waals surface area (Å²) in [5.74, 6) is 1.16. The fourth-order valence-electron chi connectivity index (χ4n) is 3.09. The highest BCUT2D eigenvalue weighted by Gasteiger charge is 2.27. The van der Waals surface area contributed by atoms with Crippen LogP contribution in [0.3, 0.4) is 0 Å². The van der Waals surface area contributed by atoms with E-state index in [9.17, 15) is 4.79 Å². The predicted octanol–water partition coefficient (Wildman–Crippen LogP) is 3.07. The summed E-state index contributed by atoms with van der Waals surface area (Å²) in [6, 6.07) is 11.9. The van der Waals surface area contributed by atoms with E-state index in [1.165, 1.54) is 16.2 Å². The van der Waals surface area contributed by atoms with Gasteiger partial charge in [0.25, 0.3) is 5.91 Å². The highest BCUT2D eigenvalue weighted by Crippen LogP contribution is 2.35. The van der Waals surface area contributed by atoms with Gasteiger partial charge in [-0.2, -0.15) is 0 Å². The minimum absolute atomic E-state index is 0.351. The van der Waals surface area contributed by atoms with Crippen LogP contribution in [0.2, 0.25) is 0 Å². The highest BCUT2D eigenvalue weighted by atomic mass is 32.1. The maximum Gasteiger partial charge on any atom is 0.258 e. The molecule has 1 aliphatic rings. The van der Waals surface area contributed by atoms with E-state index in [0.29, 0.717) is 17.5 Å². The van der Waals surface area contributed by atoms with Crippen molar-refractivity contribution in [1.29, 1.82) is 0 Å². The first-order valence-corrected chi connectivity index (χ1v) is 8.90. The van der Waals surface area contributed by atoms with E-state index in [-0.39, 0.29) is 5.91 Å². The van der Waals surface area contributed by atoms with Gasteiger partial charge in [-0.25, -0.2) is 0 Å². The summed E-state index contributed by atoms with van der Waals surface area (Å²) >= 11 is 1.50. The molecule has 0 radical (unpaired) electrons. The summed E-state index contributed by atoms with van der Waals surface area (Å²) in [6.07, 6.45) is 2.26. The quantitative estimate of drug-likeness (QED) is 0.837. The fourth-order valence-corrected chi connectivity index (χ4v) is 4.12. The monoisotopic (exact) mass is 346 g/mol. The normalized spacial score (nSPS) is 17.8. The van der Waals surface area contributed by atoms with Gasteiger partial charge in [-0.3, -0.25) is 9.69 Å². The first-order valence-electron chi connectivity index (χ1n) is 8.08. The molecule has 1 aromatic heterocycles. The minimum atomic E-state index is -0.352. The van der Waals surface area contributed by atoms with Crippen LogP contribution < -0.4 is 15.2 Å². The molecular formula is C18H22N2O3S. The standard InChI is InChI=1S/C18H22N2O3S/c1-22-14-6-2-3-7-15(14)23-12-11-20-10-4-5-13(20)16-8-9-17(24-16)18(19)21/h2-3,6-9,13H,4-5,10-12H2,1H3,(H2,19,21). The third-order valence-electron chi connectivity index (χ3n) is 4.27. The number of hydrogen-bond donors (Lipinski definition) is 1. The van der Waals surface area contributed by atoms with Crippen molar-refractivity contribution in [3.05, 3.63) is 46.2 Å². The van der Waals surface area contributed by atoms with Crippen LogP contribution in [0.4, 0.5) is 0 Å². The number of likely N-dealkylation sites (tertiary alicyclic amines) is 1. The van der Waals surface area contributed by atoms with E-state index in [1.807, 2.05) is 36.4 Å². The maximum atomic E-state index is 11.3. The van der Waals surface area contributed by atoms with Crippen molar-refractivity contribution in [3.8, 4) is 11.5 Å². The topological polar surface area (TPSA) is 64.8 Å². The molecule has 128 valence electrons. The Labute approximate surface area is 146 Å². The lowest BCUT2D eigenvalue weighted by atomic mass is 10.2. The molecule has 1 fully saturated rings. The second-order valence-electron chi connectivity index (χ2n) is 5.76. The zero-order chi connectivity index (χ0) is 16.9. The summed E-state index contributed by atoms with van der Waals surface area (Å²) in [5, 5.41) is 0. The molecule has 2 heterocycles. The number of nitrogens with two attached hydrogens (primary N) is 1. The van der Waals surface area contributed by atoms with Gasteiger partial charge in [-0.15, -0.1) is 11.3 Å². The lowest BCUT2D eigenvalue weighted by molar-refractivity contribution is 0.100. The molecule has 1 aromatic carbocycles. The first-order chi connectivity index (χ1) is 11.7. The van der Waals surface area contributed by atoms with Gasteiger partial charge < -0.3 is 15.2 Å².